The second-order valence-electron chi connectivity index (χ2n) is 4.62. The van der Waals surface area contributed by atoms with E-state index in [2.05, 4.69) is 39.3 Å². The zero-order chi connectivity index (χ0) is 13.4. The van der Waals surface area contributed by atoms with Crippen LogP contribution in [0.1, 0.15) is 33.8 Å². The van der Waals surface area contributed by atoms with Crippen LogP contribution in [-0.2, 0) is 6.42 Å². The molecule has 3 nitrogen and oxygen atoms in total. The van der Waals surface area contributed by atoms with Gasteiger partial charge in [0.15, 0.2) is 0 Å². The summed E-state index contributed by atoms with van der Waals surface area (Å²) in [5.41, 5.74) is 1.92. The molecule has 1 amide bonds. The molecule has 3 rings (SSSR count). The number of carbonyl (C=O) groups excluding carboxylic acids is 1. The number of hydrogen-bond acceptors (Lipinski definition) is 3. The summed E-state index contributed by atoms with van der Waals surface area (Å²) in [7, 11) is 0. The van der Waals surface area contributed by atoms with Gasteiger partial charge in [-0.15, -0.1) is 11.3 Å². The fraction of sp³-hybridized carbons (Fsp3) is 0.286. The predicted molar refractivity (Wildman–Crippen MR) is 79.4 cm³/mol. The van der Waals surface area contributed by atoms with E-state index in [-0.39, 0.29) is 11.9 Å². The van der Waals surface area contributed by atoms with Gasteiger partial charge in [-0.2, -0.15) is 0 Å². The molecule has 0 bridgehead atoms. The maximum absolute atomic E-state index is 12.6. The van der Waals surface area contributed by atoms with E-state index < -0.39 is 0 Å². The molecule has 0 saturated heterocycles. The number of thiophene rings is 1. The molecule has 2 aromatic heterocycles. The topological polar surface area (TPSA) is 33.2 Å². The van der Waals surface area contributed by atoms with Crippen LogP contribution in [0.3, 0.4) is 0 Å². The maximum Gasteiger partial charge on any atom is 0.255 e. The number of fused-ring (bicyclic) bond motifs is 1. The lowest BCUT2D eigenvalue weighted by molar-refractivity contribution is 0.0679. The largest absolute Gasteiger partial charge is 0.331 e. The Balaban J connectivity index is 1.90. The van der Waals surface area contributed by atoms with Gasteiger partial charge in [0.25, 0.3) is 5.91 Å². The Kier molecular flexibility index (Phi) is 3.41. The van der Waals surface area contributed by atoms with Crippen molar-refractivity contribution in [1.29, 1.82) is 0 Å². The summed E-state index contributed by atoms with van der Waals surface area (Å²) >= 11 is 5.14. The van der Waals surface area contributed by atoms with Crippen molar-refractivity contribution >= 4 is 33.2 Å². The molecule has 2 aromatic rings. The number of carbonyl (C=O) groups is 1. The Morgan fingerprint density at radius 3 is 3.16 bits per heavy atom. The molecule has 19 heavy (non-hydrogen) atoms. The first-order valence-electron chi connectivity index (χ1n) is 6.14. The van der Waals surface area contributed by atoms with E-state index in [1.54, 1.807) is 23.7 Å². The van der Waals surface area contributed by atoms with Gasteiger partial charge in [-0.25, -0.2) is 0 Å². The molecule has 0 fully saturated rings. The zero-order valence-electron chi connectivity index (χ0n) is 10.5. The van der Waals surface area contributed by atoms with Crippen LogP contribution >= 0.6 is 27.3 Å². The molecule has 1 aliphatic rings. The van der Waals surface area contributed by atoms with Gasteiger partial charge in [0.05, 0.1) is 11.6 Å². The lowest BCUT2D eigenvalue weighted by atomic mass is 10.0. The van der Waals surface area contributed by atoms with Crippen LogP contribution in [-0.4, -0.2) is 22.3 Å². The molecule has 0 N–H and O–H groups in total. The Morgan fingerprint density at radius 2 is 2.37 bits per heavy atom. The summed E-state index contributed by atoms with van der Waals surface area (Å²) in [6.07, 6.45) is 4.26. The zero-order valence-corrected chi connectivity index (χ0v) is 12.9. The highest BCUT2D eigenvalue weighted by Crippen LogP contribution is 2.33. The first kappa shape index (κ1) is 12.8. The lowest BCUT2D eigenvalue weighted by Crippen LogP contribution is -2.38. The Hall–Kier alpha value is -1.20. The van der Waals surface area contributed by atoms with Crippen molar-refractivity contribution in [3.8, 4) is 0 Å². The molecule has 5 heteroatoms. The molecular weight excluding hydrogens is 324 g/mol. The maximum atomic E-state index is 12.6. The first-order valence-corrected chi connectivity index (χ1v) is 7.82. The van der Waals surface area contributed by atoms with Crippen molar-refractivity contribution in [2.45, 2.75) is 19.4 Å². The van der Waals surface area contributed by atoms with Crippen LogP contribution < -0.4 is 0 Å². The predicted octanol–water partition coefficient (Wildman–Crippen LogP) is 3.67. The Bertz CT molecular complexity index is 625. The molecule has 1 atom stereocenters. The molecule has 1 aliphatic heterocycles. The van der Waals surface area contributed by atoms with E-state index in [1.807, 2.05) is 11.0 Å². The van der Waals surface area contributed by atoms with E-state index >= 15 is 0 Å². The van der Waals surface area contributed by atoms with Crippen LogP contribution in [0.4, 0.5) is 0 Å². The molecule has 98 valence electrons. The molecule has 0 aliphatic carbocycles. The van der Waals surface area contributed by atoms with E-state index in [0.29, 0.717) is 5.56 Å². The van der Waals surface area contributed by atoms with Crippen molar-refractivity contribution < 1.29 is 4.79 Å². The van der Waals surface area contributed by atoms with Crippen molar-refractivity contribution in [2.24, 2.45) is 0 Å². The molecule has 0 radical (unpaired) electrons. The summed E-state index contributed by atoms with van der Waals surface area (Å²) in [5.74, 6) is 0.0538. The third kappa shape index (κ3) is 2.32. The van der Waals surface area contributed by atoms with E-state index in [4.69, 9.17) is 0 Å². The van der Waals surface area contributed by atoms with Crippen LogP contribution in [0.2, 0.25) is 0 Å². The van der Waals surface area contributed by atoms with Crippen molar-refractivity contribution in [1.82, 2.24) is 9.88 Å². The summed E-state index contributed by atoms with van der Waals surface area (Å²) in [6.45, 7) is 2.87. The number of aromatic nitrogens is 1. The highest BCUT2D eigenvalue weighted by Gasteiger charge is 2.29. The molecule has 0 saturated carbocycles. The minimum atomic E-state index is 0.0538. The number of rotatable bonds is 1. The lowest BCUT2D eigenvalue weighted by Gasteiger charge is -2.33. The fourth-order valence-corrected chi connectivity index (χ4v) is 3.81. The average Bonchev–Trinajstić information content (AvgIpc) is 2.88. The number of hydrogen-bond donors (Lipinski definition) is 0. The molecule has 1 unspecified atom stereocenters. The van der Waals surface area contributed by atoms with Gasteiger partial charge in [0.1, 0.15) is 0 Å². The monoisotopic (exact) mass is 336 g/mol. The third-order valence-corrected chi connectivity index (χ3v) is 4.92. The van der Waals surface area contributed by atoms with Gasteiger partial charge in [-0.3, -0.25) is 9.78 Å². The normalized spacial score (nSPS) is 18.2. The van der Waals surface area contributed by atoms with E-state index in [9.17, 15) is 4.79 Å². The minimum Gasteiger partial charge on any atom is -0.331 e. The van der Waals surface area contributed by atoms with Crippen molar-refractivity contribution in [3.63, 3.8) is 0 Å². The third-order valence-electron chi connectivity index (χ3n) is 3.49. The summed E-state index contributed by atoms with van der Waals surface area (Å²) in [5, 5.41) is 2.11. The quantitative estimate of drug-likeness (QED) is 0.796. The highest BCUT2D eigenvalue weighted by atomic mass is 79.9. The van der Waals surface area contributed by atoms with Gasteiger partial charge in [0, 0.05) is 28.3 Å². The van der Waals surface area contributed by atoms with Crippen LogP contribution in [0.25, 0.3) is 0 Å². The van der Waals surface area contributed by atoms with Gasteiger partial charge < -0.3 is 4.90 Å². The summed E-state index contributed by atoms with van der Waals surface area (Å²) < 4.78 is 0.833. The Labute approximate surface area is 124 Å². The minimum absolute atomic E-state index is 0.0538. The average molecular weight is 337 g/mol. The Morgan fingerprint density at radius 1 is 1.53 bits per heavy atom. The van der Waals surface area contributed by atoms with Crippen molar-refractivity contribution in [3.05, 3.63) is 50.4 Å². The van der Waals surface area contributed by atoms with Gasteiger partial charge >= 0.3 is 0 Å². The second-order valence-corrected chi connectivity index (χ2v) is 6.53. The second kappa shape index (κ2) is 5.06. The first-order chi connectivity index (χ1) is 9.16. The van der Waals surface area contributed by atoms with Crippen molar-refractivity contribution in [2.75, 3.05) is 6.54 Å². The molecule has 0 aromatic carbocycles. The standard InChI is InChI=1S/C14H13BrN2OS/c1-9-12-3-5-19-13(12)2-4-17(9)14(18)10-6-11(15)8-16-7-10/h3,5-9H,2,4H2,1H3. The van der Waals surface area contributed by atoms with Gasteiger partial charge in [0.2, 0.25) is 0 Å². The fourth-order valence-electron chi connectivity index (χ4n) is 2.48. The van der Waals surface area contributed by atoms with Gasteiger partial charge in [-0.05, 0) is 52.4 Å². The number of pyridine rings is 1. The van der Waals surface area contributed by atoms with Crippen LogP contribution in [0, 0.1) is 0 Å². The molecule has 0 spiro atoms. The van der Waals surface area contributed by atoms with Crippen LogP contribution in [0.15, 0.2) is 34.4 Å². The number of halogens is 1. The van der Waals surface area contributed by atoms with E-state index in [0.717, 1.165) is 17.4 Å². The molecular formula is C14H13BrN2OS. The highest BCUT2D eigenvalue weighted by molar-refractivity contribution is 9.10. The number of amides is 1. The smallest absolute Gasteiger partial charge is 0.255 e. The van der Waals surface area contributed by atoms with E-state index in [1.165, 1.54) is 10.4 Å². The SMILES string of the molecule is CC1c2ccsc2CCN1C(=O)c1cncc(Br)c1. The summed E-state index contributed by atoms with van der Waals surface area (Å²) in [6, 6.07) is 4.09. The number of nitrogens with zero attached hydrogens (tertiary/aromatic N) is 2. The van der Waals surface area contributed by atoms with Crippen LogP contribution in [0.5, 0.6) is 0 Å². The summed E-state index contributed by atoms with van der Waals surface area (Å²) in [4.78, 5) is 20.0. The van der Waals surface area contributed by atoms with Gasteiger partial charge in [-0.1, -0.05) is 0 Å². The molecule has 3 heterocycles.